The number of nitrogens with zero attached hydrogens (tertiary/aromatic N) is 1. The largest absolute Gasteiger partial charge is 0.511 e. The molecule has 1 heterocycles. The smallest absolute Gasteiger partial charge is 0.400 e. The number of aliphatic hydroxyl groups is 1. The first-order valence-corrected chi connectivity index (χ1v) is 17.0. The van der Waals surface area contributed by atoms with Crippen LogP contribution in [0.25, 0.3) is 55.4 Å². The van der Waals surface area contributed by atoms with Crippen molar-refractivity contribution in [1.82, 2.24) is 4.98 Å². The van der Waals surface area contributed by atoms with E-state index >= 15 is 0 Å². The molecule has 0 saturated heterocycles. The van der Waals surface area contributed by atoms with Crippen molar-refractivity contribution in [2.24, 2.45) is 16.7 Å². The summed E-state index contributed by atoms with van der Waals surface area (Å²) in [5.74, 6) is -1.91. The number of pyridine rings is 1. The second kappa shape index (κ2) is 14.9. The van der Waals surface area contributed by atoms with Crippen LogP contribution in [-0.4, -0.2) is 22.1 Å². The molecule has 269 valence electrons. The van der Waals surface area contributed by atoms with Gasteiger partial charge in [-0.2, -0.15) is 13.2 Å². The number of alkyl halides is 3. The third-order valence-corrected chi connectivity index (χ3v) is 9.13. The summed E-state index contributed by atoms with van der Waals surface area (Å²) in [5, 5.41) is 11.7. The van der Waals surface area contributed by atoms with Crippen LogP contribution in [0.15, 0.2) is 90.8 Å². The van der Waals surface area contributed by atoms with Crippen molar-refractivity contribution in [3.63, 3.8) is 0 Å². The van der Waals surface area contributed by atoms with Crippen LogP contribution in [0.5, 0.6) is 0 Å². The molecule has 0 amide bonds. The third kappa shape index (κ3) is 8.37. The van der Waals surface area contributed by atoms with Crippen molar-refractivity contribution in [3.05, 3.63) is 114 Å². The minimum atomic E-state index is -4.58. The zero-order valence-corrected chi connectivity index (χ0v) is 33.0. The van der Waals surface area contributed by atoms with Crippen LogP contribution in [0.3, 0.4) is 0 Å². The molecule has 5 aromatic rings. The number of benzene rings is 4. The number of aryl methyl sites for hydroxylation is 2. The van der Waals surface area contributed by atoms with E-state index in [0.717, 1.165) is 37.1 Å². The van der Waals surface area contributed by atoms with Gasteiger partial charge in [-0.1, -0.05) is 109 Å². The van der Waals surface area contributed by atoms with Crippen molar-refractivity contribution in [2.75, 3.05) is 0 Å². The summed E-state index contributed by atoms with van der Waals surface area (Å²) in [6.07, 6.45) is -0.801. The van der Waals surface area contributed by atoms with Crippen LogP contribution in [0, 0.1) is 36.7 Å². The molecule has 0 bridgehead atoms. The molecule has 7 heteroatoms. The zero-order chi connectivity index (χ0) is 36.8. The van der Waals surface area contributed by atoms with Gasteiger partial charge in [0.25, 0.3) is 0 Å². The van der Waals surface area contributed by atoms with E-state index in [1.54, 1.807) is 13.8 Å². The molecule has 0 unspecified atom stereocenters. The maximum atomic E-state index is 12.4. The van der Waals surface area contributed by atoms with Crippen molar-refractivity contribution >= 4 is 16.6 Å². The molecule has 51 heavy (non-hydrogen) atoms. The molecule has 6 rings (SSSR count). The van der Waals surface area contributed by atoms with E-state index in [9.17, 15) is 23.1 Å². The summed E-state index contributed by atoms with van der Waals surface area (Å²) in [4.78, 5) is 16.2. The minimum absolute atomic E-state index is 0. The van der Waals surface area contributed by atoms with Crippen molar-refractivity contribution in [3.8, 4) is 44.6 Å². The number of hydrogen-bond donors (Lipinski definition) is 1. The quantitative estimate of drug-likeness (QED) is 0.107. The number of ketones is 1. The van der Waals surface area contributed by atoms with E-state index in [1.165, 1.54) is 55.3 Å². The summed E-state index contributed by atoms with van der Waals surface area (Å²) in [6.45, 7) is 15.9. The number of aromatic nitrogens is 1. The Balaban J connectivity index is 0.000000312. The molecule has 3 nitrogen and oxygen atoms in total. The molecular formula is C44H45F3IrNO2-. The van der Waals surface area contributed by atoms with Gasteiger partial charge in [-0.3, -0.25) is 4.79 Å². The zero-order valence-electron chi connectivity index (χ0n) is 30.6. The monoisotopic (exact) mass is 869 g/mol. The number of allylic oxidation sites excluding steroid dienone is 2. The first-order valence-electron chi connectivity index (χ1n) is 17.0. The summed E-state index contributed by atoms with van der Waals surface area (Å²) >= 11 is 0. The van der Waals surface area contributed by atoms with E-state index < -0.39 is 29.1 Å². The Labute approximate surface area is 313 Å². The number of aliphatic hydroxyl groups excluding tert-OH is 1. The Morgan fingerprint density at radius 3 is 2.02 bits per heavy atom. The Bertz CT molecular complexity index is 2100. The number of rotatable bonds is 5. The van der Waals surface area contributed by atoms with Gasteiger partial charge in [0.2, 0.25) is 0 Å². The van der Waals surface area contributed by atoms with Crippen LogP contribution < -0.4 is 0 Å². The first kappa shape index (κ1) is 39.7. The molecule has 0 fully saturated rings. The van der Waals surface area contributed by atoms with Gasteiger partial charge in [0.1, 0.15) is 11.2 Å². The fourth-order valence-electron chi connectivity index (χ4n) is 6.32. The molecular weight excluding hydrogens is 824 g/mol. The van der Waals surface area contributed by atoms with E-state index in [1.807, 2.05) is 0 Å². The predicted octanol–water partition coefficient (Wildman–Crippen LogP) is 12.5. The van der Waals surface area contributed by atoms with Gasteiger partial charge in [0.15, 0.2) is 5.78 Å². The number of carbonyl (C=O) groups is 1. The van der Waals surface area contributed by atoms with Gasteiger partial charge in [-0.15, -0.1) is 34.9 Å². The number of halogens is 3. The van der Waals surface area contributed by atoms with Gasteiger partial charge in [-0.05, 0) is 75.5 Å². The molecule has 1 N–H and O–H groups in total. The number of carbonyl (C=O) groups excluding carboxylic acids is 1. The minimum Gasteiger partial charge on any atom is -0.511 e. The van der Waals surface area contributed by atoms with Gasteiger partial charge in [-0.25, -0.2) is 0 Å². The maximum Gasteiger partial charge on any atom is 0.400 e. The molecule has 0 spiro atoms. The topological polar surface area (TPSA) is 50.2 Å². The molecule has 0 aliphatic heterocycles. The standard InChI is InChI=1S/C34H30N.C10H15F3O2.Ir/c1-21-15-22(2)17-24(16-21)33-29-12-8-11-28-27-14-13-23(19-34(3,4)5)18-30(27)25-9-6-7-10-26(25)31(20-35-33)32(28)29;1-6(2)7(14)5-8(15)9(3,4)10(11,12)13;/h6-16,18,20H,19H2,1-5H3;5-6,15H,1-4H3;/q-1;;/b;8-5-;. The fourth-order valence-corrected chi connectivity index (χ4v) is 6.32. The molecule has 1 aromatic heterocycles. The van der Waals surface area contributed by atoms with Gasteiger partial charge < -0.3 is 10.1 Å². The van der Waals surface area contributed by atoms with Crippen molar-refractivity contribution < 1.29 is 43.2 Å². The van der Waals surface area contributed by atoms with Crippen LogP contribution in [0.2, 0.25) is 0 Å². The van der Waals surface area contributed by atoms with Crippen molar-refractivity contribution in [1.29, 1.82) is 0 Å². The SMILES string of the molecule is CC(C)C(=O)/C=C(\O)C(C)(C)C(F)(F)F.Cc1[c-]c(-c2ncc3c4c(cccc24)-c2ccc(CC(C)(C)C)cc2-c2ccccc2-3)cc(C)c1.[Ir]. The van der Waals surface area contributed by atoms with E-state index in [-0.39, 0.29) is 25.5 Å². The second-order valence-electron chi connectivity index (χ2n) is 15.4. The molecule has 1 aliphatic rings. The Hall–Kier alpha value is -4.06. The average Bonchev–Trinajstić information content (AvgIpc) is 3.13. The summed E-state index contributed by atoms with van der Waals surface area (Å²) in [6, 6.07) is 30.5. The summed E-state index contributed by atoms with van der Waals surface area (Å²) in [7, 11) is 0. The molecule has 1 radical (unpaired) electrons. The third-order valence-electron chi connectivity index (χ3n) is 9.13. The van der Waals surface area contributed by atoms with E-state index in [0.29, 0.717) is 6.08 Å². The molecule has 0 atom stereocenters. The van der Waals surface area contributed by atoms with Crippen LogP contribution in [-0.2, 0) is 31.3 Å². The normalized spacial score (nSPS) is 12.7. The predicted molar refractivity (Wildman–Crippen MR) is 199 cm³/mol. The number of hydrogen-bond acceptors (Lipinski definition) is 3. The van der Waals surface area contributed by atoms with Crippen molar-refractivity contribution in [2.45, 2.75) is 74.9 Å². The maximum absolute atomic E-state index is 12.4. The molecule has 0 saturated carbocycles. The first-order chi connectivity index (χ1) is 23.3. The number of fused-ring (bicyclic) bond motifs is 5. The van der Waals surface area contributed by atoms with Gasteiger partial charge in [0, 0.05) is 43.9 Å². The molecule has 4 aromatic carbocycles. The average molecular weight is 869 g/mol. The van der Waals surface area contributed by atoms with E-state index in [4.69, 9.17) is 4.98 Å². The second-order valence-corrected chi connectivity index (χ2v) is 15.4. The fraction of sp³-hybridized carbons (Fsp3) is 0.318. The van der Waals surface area contributed by atoms with Gasteiger partial charge >= 0.3 is 6.18 Å². The summed E-state index contributed by atoms with van der Waals surface area (Å²) in [5.41, 5.74) is 11.3. The van der Waals surface area contributed by atoms with Crippen LogP contribution in [0.4, 0.5) is 13.2 Å². The van der Waals surface area contributed by atoms with E-state index in [2.05, 4.69) is 120 Å². The Morgan fingerprint density at radius 2 is 1.43 bits per heavy atom. The Morgan fingerprint density at radius 1 is 0.824 bits per heavy atom. The molecule has 1 aliphatic carbocycles. The van der Waals surface area contributed by atoms with Crippen LogP contribution in [0.1, 0.15) is 65.2 Å². The van der Waals surface area contributed by atoms with Crippen LogP contribution >= 0.6 is 0 Å². The Kier molecular flexibility index (Phi) is 11.6. The summed E-state index contributed by atoms with van der Waals surface area (Å²) < 4.78 is 37.3. The van der Waals surface area contributed by atoms with Gasteiger partial charge in [0.05, 0.1) is 0 Å².